The lowest BCUT2D eigenvalue weighted by Crippen LogP contribution is -2.42. The first kappa shape index (κ1) is 23.9. The first-order valence-corrected chi connectivity index (χ1v) is 11.2. The number of piperazine rings is 1. The lowest BCUT2D eigenvalue weighted by atomic mass is 10.1. The summed E-state index contributed by atoms with van der Waals surface area (Å²) < 4.78 is 0. The van der Waals surface area contributed by atoms with Crippen LogP contribution < -0.4 is 15.5 Å². The van der Waals surface area contributed by atoms with Crippen molar-refractivity contribution in [3.63, 3.8) is 0 Å². The molecule has 0 radical (unpaired) electrons. The number of H-pyrrole nitrogens is 1. The van der Waals surface area contributed by atoms with Gasteiger partial charge in [-0.3, -0.25) is 4.90 Å². The molecule has 0 atom stereocenters. The molecule has 5 rings (SSSR count). The summed E-state index contributed by atoms with van der Waals surface area (Å²) in [5.41, 5.74) is 4.97. The number of benzene rings is 1. The van der Waals surface area contributed by atoms with Crippen LogP contribution in [0.1, 0.15) is 11.4 Å². The molecule has 0 aliphatic carbocycles. The highest BCUT2D eigenvalue weighted by Gasteiger charge is 2.12. The summed E-state index contributed by atoms with van der Waals surface area (Å²) in [6, 6.07) is 12.3. The zero-order valence-electron chi connectivity index (χ0n) is 19.7. The number of aromatic amines is 1. The minimum Gasteiger partial charge on any atom is -0.363 e. The van der Waals surface area contributed by atoms with Gasteiger partial charge in [-0.1, -0.05) is 6.07 Å². The number of halogens is 1. The maximum absolute atomic E-state index is 4.69. The molecule has 4 heterocycles. The molecule has 3 N–H and O–H groups in total. The molecule has 0 spiro atoms. The quantitative estimate of drug-likeness (QED) is 0.387. The molecule has 1 aliphatic heterocycles. The lowest BCUT2D eigenvalue weighted by Gasteiger charge is -2.27. The Balaban J connectivity index is 0.00000274. The Kier molecular flexibility index (Phi) is 7.26. The monoisotopic (exact) mass is 479 g/mol. The molecule has 0 bridgehead atoms. The van der Waals surface area contributed by atoms with E-state index in [0.29, 0.717) is 5.95 Å². The third-order valence-electron chi connectivity index (χ3n) is 5.75. The van der Waals surface area contributed by atoms with Gasteiger partial charge < -0.3 is 20.5 Å². The SMILES string of the molecule is Cc1nc(-c2ccc3nc(Nc4cc(CN5CCNCC5)ccn4)[nH]c3c2)cc(N(C)C)n1.Cl. The van der Waals surface area contributed by atoms with Crippen molar-refractivity contribution in [2.75, 3.05) is 50.5 Å². The number of pyridine rings is 1. The van der Waals surface area contributed by atoms with Gasteiger partial charge in [0.1, 0.15) is 17.5 Å². The van der Waals surface area contributed by atoms with Crippen LogP contribution in [0.5, 0.6) is 0 Å². The Morgan fingerprint density at radius 1 is 1.03 bits per heavy atom. The average molecular weight is 480 g/mol. The molecule has 4 aromatic rings. The predicted molar refractivity (Wildman–Crippen MR) is 139 cm³/mol. The number of anilines is 3. The van der Waals surface area contributed by atoms with Crippen LogP contribution in [0, 0.1) is 6.92 Å². The van der Waals surface area contributed by atoms with Gasteiger partial charge in [-0.05, 0) is 36.8 Å². The van der Waals surface area contributed by atoms with Crippen LogP contribution in [0.2, 0.25) is 0 Å². The first-order chi connectivity index (χ1) is 16.0. The van der Waals surface area contributed by atoms with Crippen molar-refractivity contribution in [2.24, 2.45) is 0 Å². The number of hydrogen-bond donors (Lipinski definition) is 3. The molecule has 34 heavy (non-hydrogen) atoms. The Morgan fingerprint density at radius 3 is 2.65 bits per heavy atom. The average Bonchev–Trinajstić information content (AvgIpc) is 3.21. The highest BCUT2D eigenvalue weighted by molar-refractivity contribution is 5.85. The molecule has 1 aliphatic rings. The molecule has 1 saturated heterocycles. The molecule has 1 aromatic carbocycles. The van der Waals surface area contributed by atoms with Crippen LogP contribution in [-0.2, 0) is 6.54 Å². The van der Waals surface area contributed by atoms with Gasteiger partial charge in [0.25, 0.3) is 0 Å². The smallest absolute Gasteiger partial charge is 0.206 e. The van der Waals surface area contributed by atoms with Crippen molar-refractivity contribution in [3.8, 4) is 11.3 Å². The molecule has 178 valence electrons. The van der Waals surface area contributed by atoms with Crippen molar-refractivity contribution in [3.05, 3.63) is 54.0 Å². The third-order valence-corrected chi connectivity index (χ3v) is 5.75. The van der Waals surface area contributed by atoms with E-state index in [0.717, 1.165) is 72.5 Å². The maximum atomic E-state index is 4.69. The number of nitrogens with zero attached hydrogens (tertiary/aromatic N) is 6. The second-order valence-corrected chi connectivity index (χ2v) is 8.57. The fourth-order valence-electron chi connectivity index (χ4n) is 4.05. The summed E-state index contributed by atoms with van der Waals surface area (Å²) >= 11 is 0. The van der Waals surface area contributed by atoms with E-state index in [2.05, 4.69) is 58.7 Å². The molecule has 0 saturated carbocycles. The Morgan fingerprint density at radius 2 is 1.85 bits per heavy atom. The molecule has 0 amide bonds. The van der Waals surface area contributed by atoms with Crippen LogP contribution in [-0.4, -0.2) is 70.1 Å². The number of rotatable bonds is 6. The molecule has 1 fully saturated rings. The zero-order valence-corrected chi connectivity index (χ0v) is 20.5. The number of aryl methyl sites for hydroxylation is 1. The summed E-state index contributed by atoms with van der Waals surface area (Å²) in [5, 5.41) is 6.72. The molecule has 9 nitrogen and oxygen atoms in total. The second kappa shape index (κ2) is 10.3. The molecule has 0 unspecified atom stereocenters. The third kappa shape index (κ3) is 5.44. The van der Waals surface area contributed by atoms with Gasteiger partial charge in [0.15, 0.2) is 0 Å². The highest BCUT2D eigenvalue weighted by Crippen LogP contribution is 2.26. The standard InChI is InChI=1S/C24H29N9.ClH/c1-16-27-20(14-23(28-16)32(2)3)18-4-5-19-21(13-18)30-24(29-19)31-22-12-17(6-7-26-22)15-33-10-8-25-9-11-33;/h4-7,12-14,25H,8-11,15H2,1-3H3,(H2,26,29,30,31);1H. The normalized spacial score (nSPS) is 14.1. The predicted octanol–water partition coefficient (Wildman–Crippen LogP) is 3.36. The van der Waals surface area contributed by atoms with Gasteiger partial charge in [-0.15, -0.1) is 12.4 Å². The molecule has 10 heteroatoms. The van der Waals surface area contributed by atoms with Crippen molar-refractivity contribution in [2.45, 2.75) is 13.5 Å². The number of fused-ring (bicyclic) bond motifs is 1. The summed E-state index contributed by atoms with van der Waals surface area (Å²) in [5.74, 6) is 3.08. The van der Waals surface area contributed by atoms with E-state index < -0.39 is 0 Å². The minimum atomic E-state index is 0. The fraction of sp³-hybridized carbons (Fsp3) is 0.333. The molecular formula is C24H30ClN9. The van der Waals surface area contributed by atoms with Gasteiger partial charge >= 0.3 is 0 Å². The van der Waals surface area contributed by atoms with Gasteiger partial charge in [-0.25, -0.2) is 19.9 Å². The fourth-order valence-corrected chi connectivity index (χ4v) is 4.05. The van der Waals surface area contributed by atoms with E-state index in [-0.39, 0.29) is 12.4 Å². The largest absolute Gasteiger partial charge is 0.363 e. The van der Waals surface area contributed by atoms with Crippen molar-refractivity contribution in [1.82, 2.24) is 35.1 Å². The Labute approximate surface area is 205 Å². The first-order valence-electron chi connectivity index (χ1n) is 11.2. The van der Waals surface area contributed by atoms with Gasteiger partial charge in [-0.2, -0.15) is 0 Å². The van der Waals surface area contributed by atoms with Gasteiger partial charge in [0.05, 0.1) is 16.7 Å². The van der Waals surface area contributed by atoms with Crippen LogP contribution in [0.4, 0.5) is 17.6 Å². The number of imidazole rings is 1. The van der Waals surface area contributed by atoms with Crippen LogP contribution >= 0.6 is 12.4 Å². The summed E-state index contributed by atoms with van der Waals surface area (Å²) in [4.78, 5) is 26.1. The minimum absolute atomic E-state index is 0. The number of hydrogen-bond acceptors (Lipinski definition) is 8. The Hall–Kier alpha value is -3.27. The molecular weight excluding hydrogens is 450 g/mol. The van der Waals surface area contributed by atoms with Crippen LogP contribution in [0.15, 0.2) is 42.6 Å². The Bertz CT molecular complexity index is 1260. The summed E-state index contributed by atoms with van der Waals surface area (Å²) in [7, 11) is 3.96. The van der Waals surface area contributed by atoms with E-state index in [9.17, 15) is 0 Å². The number of aromatic nitrogens is 5. The van der Waals surface area contributed by atoms with Crippen molar-refractivity contribution < 1.29 is 0 Å². The van der Waals surface area contributed by atoms with Gasteiger partial charge in [0, 0.05) is 64.6 Å². The van der Waals surface area contributed by atoms with E-state index >= 15 is 0 Å². The van der Waals surface area contributed by atoms with E-state index in [1.54, 1.807) is 0 Å². The second-order valence-electron chi connectivity index (χ2n) is 8.57. The van der Waals surface area contributed by atoms with Crippen LogP contribution in [0.25, 0.3) is 22.3 Å². The summed E-state index contributed by atoms with van der Waals surface area (Å²) in [6.07, 6.45) is 1.85. The highest BCUT2D eigenvalue weighted by atomic mass is 35.5. The lowest BCUT2D eigenvalue weighted by molar-refractivity contribution is 0.233. The van der Waals surface area contributed by atoms with E-state index in [1.165, 1.54) is 5.56 Å². The van der Waals surface area contributed by atoms with E-state index in [4.69, 9.17) is 0 Å². The van der Waals surface area contributed by atoms with E-state index in [1.807, 2.05) is 50.3 Å². The summed E-state index contributed by atoms with van der Waals surface area (Å²) in [6.45, 7) is 7.06. The van der Waals surface area contributed by atoms with Gasteiger partial charge in [0.2, 0.25) is 5.95 Å². The molecule has 3 aromatic heterocycles. The van der Waals surface area contributed by atoms with Crippen molar-refractivity contribution in [1.29, 1.82) is 0 Å². The number of nitrogens with one attached hydrogen (secondary N) is 3. The maximum Gasteiger partial charge on any atom is 0.206 e. The zero-order chi connectivity index (χ0) is 22.8. The van der Waals surface area contributed by atoms with Crippen LogP contribution in [0.3, 0.4) is 0 Å². The topological polar surface area (TPSA) is 97.9 Å². The van der Waals surface area contributed by atoms with Crippen molar-refractivity contribution >= 4 is 41.0 Å².